The first kappa shape index (κ1) is 15.0. The quantitative estimate of drug-likeness (QED) is 0.690. The third kappa shape index (κ3) is 6.00. The van der Waals surface area contributed by atoms with Gasteiger partial charge in [-0.05, 0) is 32.4 Å². The van der Waals surface area contributed by atoms with Gasteiger partial charge in [-0.1, -0.05) is 18.2 Å². The second kappa shape index (κ2) is 7.36. The molecule has 102 valence electrons. The molecule has 18 heavy (non-hydrogen) atoms. The van der Waals surface area contributed by atoms with E-state index in [-0.39, 0.29) is 12.7 Å². The molecule has 0 saturated heterocycles. The maximum Gasteiger partial charge on any atom is 0.119 e. The molecule has 1 rings (SSSR count). The van der Waals surface area contributed by atoms with Crippen LogP contribution in [0.2, 0.25) is 0 Å². The molecule has 0 aromatic heterocycles. The summed E-state index contributed by atoms with van der Waals surface area (Å²) in [6.45, 7) is 4.74. The summed E-state index contributed by atoms with van der Waals surface area (Å²) in [4.78, 5) is 0. The van der Waals surface area contributed by atoms with E-state index in [1.54, 1.807) is 0 Å². The topological polar surface area (TPSA) is 64.7 Å². The molecule has 3 N–H and O–H groups in total. The lowest BCUT2D eigenvalue weighted by atomic mass is 9.97. The zero-order chi connectivity index (χ0) is 13.4. The normalized spacial score (nSPS) is 16.0. The number of para-hydroxylation sites is 1. The first-order valence-electron chi connectivity index (χ1n) is 6.23. The Morgan fingerprint density at radius 3 is 2.56 bits per heavy atom. The molecule has 0 fully saturated rings. The maximum absolute atomic E-state index is 9.06. The lowest BCUT2D eigenvalue weighted by Gasteiger charge is -2.25. The van der Waals surface area contributed by atoms with E-state index < -0.39 is 5.54 Å². The fourth-order valence-corrected chi connectivity index (χ4v) is 1.71. The summed E-state index contributed by atoms with van der Waals surface area (Å²) in [7, 11) is 0. The van der Waals surface area contributed by atoms with E-state index in [1.807, 2.05) is 44.2 Å². The lowest BCUT2D eigenvalue weighted by Crippen LogP contribution is -2.43. The van der Waals surface area contributed by atoms with Crippen molar-refractivity contribution in [1.82, 2.24) is 0 Å². The van der Waals surface area contributed by atoms with E-state index in [0.717, 1.165) is 5.75 Å². The summed E-state index contributed by atoms with van der Waals surface area (Å²) >= 11 is 0. The van der Waals surface area contributed by atoms with Crippen LogP contribution in [0.15, 0.2) is 30.3 Å². The summed E-state index contributed by atoms with van der Waals surface area (Å²) in [5.41, 5.74) is 5.27. The smallest absolute Gasteiger partial charge is 0.119 e. The van der Waals surface area contributed by atoms with Crippen LogP contribution in [0.25, 0.3) is 0 Å². The summed E-state index contributed by atoms with van der Waals surface area (Å²) in [6.07, 6.45) is 0.626. The largest absolute Gasteiger partial charge is 0.491 e. The van der Waals surface area contributed by atoms with E-state index in [0.29, 0.717) is 19.6 Å². The molecule has 1 aromatic rings. The molecule has 4 heteroatoms. The van der Waals surface area contributed by atoms with Crippen molar-refractivity contribution in [2.75, 3.05) is 19.8 Å². The van der Waals surface area contributed by atoms with Crippen molar-refractivity contribution < 1.29 is 14.6 Å². The molecule has 2 unspecified atom stereocenters. The Hall–Kier alpha value is -1.10. The summed E-state index contributed by atoms with van der Waals surface area (Å²) in [5, 5.41) is 9.06. The summed E-state index contributed by atoms with van der Waals surface area (Å²) in [6, 6.07) is 9.63. The number of ether oxygens (including phenoxy) is 2. The Bertz CT molecular complexity index is 327. The van der Waals surface area contributed by atoms with E-state index in [9.17, 15) is 0 Å². The van der Waals surface area contributed by atoms with E-state index >= 15 is 0 Å². The van der Waals surface area contributed by atoms with Crippen molar-refractivity contribution >= 4 is 0 Å². The third-order valence-electron chi connectivity index (χ3n) is 2.61. The molecule has 0 aliphatic carbocycles. The van der Waals surface area contributed by atoms with Gasteiger partial charge in [-0.15, -0.1) is 0 Å². The first-order valence-corrected chi connectivity index (χ1v) is 6.23. The van der Waals surface area contributed by atoms with Gasteiger partial charge in [-0.25, -0.2) is 0 Å². The minimum Gasteiger partial charge on any atom is -0.491 e. The number of rotatable bonds is 8. The molecule has 4 nitrogen and oxygen atoms in total. The fraction of sp³-hybridized carbons (Fsp3) is 0.571. The molecule has 1 aromatic carbocycles. The Kier molecular flexibility index (Phi) is 6.12. The SMILES string of the molecule is CC(CC(C)(N)CO)OCCOc1ccccc1. The Morgan fingerprint density at radius 1 is 1.28 bits per heavy atom. The van der Waals surface area contributed by atoms with Crippen LogP contribution in [-0.4, -0.2) is 36.6 Å². The van der Waals surface area contributed by atoms with Gasteiger partial charge < -0.3 is 20.3 Å². The molecule has 0 saturated carbocycles. The van der Waals surface area contributed by atoms with Crippen LogP contribution < -0.4 is 10.5 Å². The molecular formula is C14H23NO3. The van der Waals surface area contributed by atoms with Gasteiger partial charge in [0.2, 0.25) is 0 Å². The van der Waals surface area contributed by atoms with E-state index in [2.05, 4.69) is 0 Å². The zero-order valence-electron chi connectivity index (χ0n) is 11.1. The van der Waals surface area contributed by atoms with Crippen molar-refractivity contribution in [3.05, 3.63) is 30.3 Å². The highest BCUT2D eigenvalue weighted by molar-refractivity contribution is 5.20. The van der Waals surface area contributed by atoms with Crippen LogP contribution in [-0.2, 0) is 4.74 Å². The molecule has 2 atom stereocenters. The Labute approximate surface area is 109 Å². The number of nitrogens with two attached hydrogens (primary N) is 1. The number of aliphatic hydroxyl groups is 1. The number of hydrogen-bond acceptors (Lipinski definition) is 4. The molecule has 0 aliphatic heterocycles. The molecule has 0 aliphatic rings. The van der Waals surface area contributed by atoms with Gasteiger partial charge in [0.05, 0.1) is 19.3 Å². The van der Waals surface area contributed by atoms with Crippen LogP contribution >= 0.6 is 0 Å². The summed E-state index contributed by atoms with van der Waals surface area (Å²) < 4.78 is 11.1. The number of aliphatic hydroxyl groups excluding tert-OH is 1. The lowest BCUT2D eigenvalue weighted by molar-refractivity contribution is 0.0212. The molecule has 0 bridgehead atoms. The zero-order valence-corrected chi connectivity index (χ0v) is 11.1. The van der Waals surface area contributed by atoms with Crippen LogP contribution in [0.1, 0.15) is 20.3 Å². The second-order valence-corrected chi connectivity index (χ2v) is 4.86. The van der Waals surface area contributed by atoms with Crippen molar-refractivity contribution in [1.29, 1.82) is 0 Å². The predicted molar refractivity (Wildman–Crippen MR) is 71.6 cm³/mol. The van der Waals surface area contributed by atoms with Crippen molar-refractivity contribution in [3.8, 4) is 5.75 Å². The van der Waals surface area contributed by atoms with Gasteiger partial charge in [0.15, 0.2) is 0 Å². The second-order valence-electron chi connectivity index (χ2n) is 4.86. The average Bonchev–Trinajstić information content (AvgIpc) is 2.35. The van der Waals surface area contributed by atoms with Crippen molar-refractivity contribution in [2.45, 2.75) is 31.9 Å². The Balaban J connectivity index is 2.14. The summed E-state index contributed by atoms with van der Waals surface area (Å²) in [5.74, 6) is 0.841. The van der Waals surface area contributed by atoms with Crippen LogP contribution in [0.4, 0.5) is 0 Å². The van der Waals surface area contributed by atoms with Gasteiger partial charge in [0.1, 0.15) is 12.4 Å². The average molecular weight is 253 g/mol. The van der Waals surface area contributed by atoms with Gasteiger partial charge in [0.25, 0.3) is 0 Å². The van der Waals surface area contributed by atoms with E-state index in [1.165, 1.54) is 0 Å². The Morgan fingerprint density at radius 2 is 1.94 bits per heavy atom. The maximum atomic E-state index is 9.06. The molecule has 0 radical (unpaired) electrons. The highest BCUT2D eigenvalue weighted by Crippen LogP contribution is 2.11. The van der Waals surface area contributed by atoms with Gasteiger partial charge in [-0.2, -0.15) is 0 Å². The third-order valence-corrected chi connectivity index (χ3v) is 2.61. The first-order chi connectivity index (χ1) is 8.53. The van der Waals surface area contributed by atoms with Crippen LogP contribution in [0.5, 0.6) is 5.75 Å². The van der Waals surface area contributed by atoms with Gasteiger partial charge in [0, 0.05) is 5.54 Å². The van der Waals surface area contributed by atoms with Crippen molar-refractivity contribution in [3.63, 3.8) is 0 Å². The van der Waals surface area contributed by atoms with Crippen LogP contribution in [0.3, 0.4) is 0 Å². The highest BCUT2D eigenvalue weighted by atomic mass is 16.5. The monoisotopic (exact) mass is 253 g/mol. The predicted octanol–water partition coefficient (Wildman–Crippen LogP) is 1.57. The van der Waals surface area contributed by atoms with Gasteiger partial charge >= 0.3 is 0 Å². The molecule has 0 amide bonds. The molecule has 0 heterocycles. The van der Waals surface area contributed by atoms with Crippen molar-refractivity contribution in [2.24, 2.45) is 5.73 Å². The molecular weight excluding hydrogens is 230 g/mol. The minimum atomic E-state index is -0.584. The highest BCUT2D eigenvalue weighted by Gasteiger charge is 2.20. The number of hydrogen-bond donors (Lipinski definition) is 2. The van der Waals surface area contributed by atoms with E-state index in [4.69, 9.17) is 20.3 Å². The minimum absolute atomic E-state index is 0.00604. The fourth-order valence-electron chi connectivity index (χ4n) is 1.71. The van der Waals surface area contributed by atoms with Crippen LogP contribution in [0, 0.1) is 0 Å². The molecule has 0 spiro atoms. The van der Waals surface area contributed by atoms with Gasteiger partial charge in [-0.3, -0.25) is 0 Å². The standard InChI is InChI=1S/C14H23NO3/c1-12(10-14(2,15)11-16)17-8-9-18-13-6-4-3-5-7-13/h3-7,12,16H,8-11,15H2,1-2H3. The number of benzene rings is 1.